The van der Waals surface area contributed by atoms with E-state index in [0.29, 0.717) is 13.0 Å². The second-order valence-electron chi connectivity index (χ2n) is 7.50. The van der Waals surface area contributed by atoms with Crippen LogP contribution in [0.15, 0.2) is 27.8 Å². The molecule has 0 aliphatic rings. The summed E-state index contributed by atoms with van der Waals surface area (Å²) in [5, 5.41) is 11.9. The zero-order valence-corrected chi connectivity index (χ0v) is 18.5. The summed E-state index contributed by atoms with van der Waals surface area (Å²) in [6.45, 7) is 2.76. The summed E-state index contributed by atoms with van der Waals surface area (Å²) in [6, 6.07) is 3.61. The van der Waals surface area contributed by atoms with Crippen molar-refractivity contribution in [3.63, 3.8) is 0 Å². The van der Waals surface area contributed by atoms with Gasteiger partial charge in [-0.3, -0.25) is 13.9 Å². The van der Waals surface area contributed by atoms with Gasteiger partial charge in [-0.05, 0) is 41.8 Å². The maximum Gasteiger partial charge on any atom is 0.332 e. The summed E-state index contributed by atoms with van der Waals surface area (Å²) in [5.41, 5.74) is -0.704. The molecule has 0 atom stereocenters. The highest BCUT2D eigenvalue weighted by Crippen LogP contribution is 2.15. The van der Waals surface area contributed by atoms with Gasteiger partial charge in [0.15, 0.2) is 17.0 Å². The van der Waals surface area contributed by atoms with E-state index in [0.717, 1.165) is 29.5 Å². The lowest BCUT2D eigenvalue weighted by Crippen LogP contribution is -2.40. The summed E-state index contributed by atoms with van der Waals surface area (Å²) in [5.74, 6) is -1.20. The molecule has 33 heavy (non-hydrogen) atoms. The quantitative estimate of drug-likeness (QED) is 0.369. The number of benzene rings is 1. The molecule has 0 amide bonds. The summed E-state index contributed by atoms with van der Waals surface area (Å²) in [6.07, 6.45) is 1.81. The number of halogens is 3. The Morgan fingerprint density at radius 1 is 1.06 bits per heavy atom. The number of hydrogen-bond donors (Lipinski definition) is 1. The van der Waals surface area contributed by atoms with Gasteiger partial charge in [-0.15, -0.1) is 10.2 Å². The SMILES string of the molecule is CCCCn1c(=O)n(CCCn2nnc(Cc3c(F)cccc3F)n2)c(=O)c2[nH]c(Cl)nc21. The molecule has 13 heteroatoms. The molecule has 3 heterocycles. The maximum absolute atomic E-state index is 13.8. The van der Waals surface area contributed by atoms with Crippen molar-refractivity contribution in [2.75, 3.05) is 0 Å². The smallest absolute Gasteiger partial charge is 0.323 e. The van der Waals surface area contributed by atoms with Gasteiger partial charge in [0.25, 0.3) is 5.56 Å². The molecule has 0 fully saturated rings. The molecule has 0 radical (unpaired) electrons. The highest BCUT2D eigenvalue weighted by Gasteiger charge is 2.17. The minimum Gasteiger partial charge on any atom is -0.323 e. The summed E-state index contributed by atoms with van der Waals surface area (Å²) < 4.78 is 30.2. The number of H-pyrrole nitrogens is 1. The third-order valence-electron chi connectivity index (χ3n) is 5.20. The van der Waals surface area contributed by atoms with Crippen LogP contribution in [0.1, 0.15) is 37.6 Å². The fourth-order valence-electron chi connectivity index (χ4n) is 3.52. The maximum atomic E-state index is 13.8. The van der Waals surface area contributed by atoms with Crippen molar-refractivity contribution >= 4 is 22.8 Å². The normalized spacial score (nSPS) is 11.5. The first-order valence-electron chi connectivity index (χ1n) is 10.5. The Hall–Kier alpha value is -3.41. The number of aromatic nitrogens is 8. The minimum absolute atomic E-state index is 0.0372. The fraction of sp³-hybridized carbons (Fsp3) is 0.400. The van der Waals surface area contributed by atoms with Crippen LogP contribution in [0.2, 0.25) is 5.28 Å². The summed E-state index contributed by atoms with van der Waals surface area (Å²) in [7, 11) is 0. The Bertz CT molecular complexity index is 1390. The standard InChI is InChI=1S/C20H21ClF2N8O2/c1-2-3-8-29-17-16(24-19(21)25-17)18(32)30(20(29)33)9-5-10-31-27-15(26-28-31)11-12-13(22)6-4-7-14(12)23/h4,6-7H,2-3,5,8-11H2,1H3,(H,24,25). The van der Waals surface area contributed by atoms with Crippen LogP contribution < -0.4 is 11.2 Å². The fourth-order valence-corrected chi connectivity index (χ4v) is 3.70. The Balaban J connectivity index is 1.50. The number of imidazole rings is 1. The van der Waals surface area contributed by atoms with Gasteiger partial charge >= 0.3 is 5.69 Å². The molecule has 4 rings (SSSR count). The van der Waals surface area contributed by atoms with E-state index < -0.39 is 22.9 Å². The number of aromatic amines is 1. The zero-order chi connectivity index (χ0) is 23.5. The lowest BCUT2D eigenvalue weighted by Gasteiger charge is -2.10. The van der Waals surface area contributed by atoms with Gasteiger partial charge in [0.05, 0.1) is 6.54 Å². The number of hydrogen-bond acceptors (Lipinski definition) is 6. The van der Waals surface area contributed by atoms with Crippen molar-refractivity contribution in [2.24, 2.45) is 0 Å². The van der Waals surface area contributed by atoms with E-state index in [1.54, 1.807) is 0 Å². The van der Waals surface area contributed by atoms with E-state index in [1.807, 2.05) is 6.92 Å². The van der Waals surface area contributed by atoms with Crippen molar-refractivity contribution in [3.8, 4) is 0 Å². The number of aryl methyl sites for hydroxylation is 2. The molecular formula is C20H21ClF2N8O2. The van der Waals surface area contributed by atoms with E-state index in [1.165, 1.54) is 15.4 Å². The number of nitrogens with one attached hydrogen (secondary N) is 1. The third kappa shape index (κ3) is 4.70. The van der Waals surface area contributed by atoms with Crippen molar-refractivity contribution in [1.29, 1.82) is 0 Å². The molecule has 0 saturated heterocycles. The molecule has 0 bridgehead atoms. The average molecular weight is 479 g/mol. The zero-order valence-electron chi connectivity index (χ0n) is 17.8. The molecule has 10 nitrogen and oxygen atoms in total. The number of tetrazole rings is 1. The van der Waals surface area contributed by atoms with Crippen LogP contribution in [0.3, 0.4) is 0 Å². The highest BCUT2D eigenvalue weighted by molar-refractivity contribution is 6.28. The molecule has 0 spiro atoms. The second kappa shape index (κ2) is 9.61. The Morgan fingerprint density at radius 2 is 1.79 bits per heavy atom. The van der Waals surface area contributed by atoms with Crippen LogP contribution in [-0.4, -0.2) is 39.3 Å². The summed E-state index contributed by atoms with van der Waals surface area (Å²) in [4.78, 5) is 33.8. The lowest BCUT2D eigenvalue weighted by atomic mass is 10.1. The monoisotopic (exact) mass is 478 g/mol. The molecule has 1 aromatic carbocycles. The van der Waals surface area contributed by atoms with E-state index in [2.05, 4.69) is 25.4 Å². The van der Waals surface area contributed by atoms with E-state index in [4.69, 9.17) is 11.6 Å². The van der Waals surface area contributed by atoms with Crippen molar-refractivity contribution < 1.29 is 8.78 Å². The van der Waals surface area contributed by atoms with Crippen LogP contribution >= 0.6 is 11.6 Å². The lowest BCUT2D eigenvalue weighted by molar-refractivity contribution is 0.451. The number of fused-ring (bicyclic) bond motifs is 1. The predicted octanol–water partition coefficient (Wildman–Crippen LogP) is 2.29. The molecular weight excluding hydrogens is 458 g/mol. The van der Waals surface area contributed by atoms with E-state index in [-0.39, 0.29) is 47.3 Å². The van der Waals surface area contributed by atoms with Crippen LogP contribution in [0.5, 0.6) is 0 Å². The minimum atomic E-state index is -0.681. The first-order valence-corrected chi connectivity index (χ1v) is 10.8. The predicted molar refractivity (Wildman–Crippen MR) is 116 cm³/mol. The molecule has 174 valence electrons. The van der Waals surface area contributed by atoms with Gasteiger partial charge in [-0.2, -0.15) is 9.78 Å². The first kappa shape index (κ1) is 22.8. The molecule has 4 aromatic rings. The van der Waals surface area contributed by atoms with Crippen LogP contribution in [0, 0.1) is 11.6 Å². The van der Waals surface area contributed by atoms with Crippen LogP contribution in [0.25, 0.3) is 11.2 Å². The van der Waals surface area contributed by atoms with Gasteiger partial charge in [0.2, 0.25) is 5.28 Å². The largest absolute Gasteiger partial charge is 0.332 e. The Kier molecular flexibility index (Phi) is 6.63. The van der Waals surface area contributed by atoms with E-state index in [9.17, 15) is 18.4 Å². The Morgan fingerprint density at radius 3 is 2.52 bits per heavy atom. The van der Waals surface area contributed by atoms with Gasteiger partial charge in [0, 0.05) is 25.1 Å². The second-order valence-corrected chi connectivity index (χ2v) is 7.86. The summed E-state index contributed by atoms with van der Waals surface area (Å²) >= 11 is 5.93. The first-order chi connectivity index (χ1) is 15.9. The molecule has 0 aliphatic heterocycles. The number of nitrogens with zero attached hydrogens (tertiary/aromatic N) is 7. The van der Waals surface area contributed by atoms with E-state index >= 15 is 0 Å². The highest BCUT2D eigenvalue weighted by atomic mass is 35.5. The molecule has 0 unspecified atom stereocenters. The number of rotatable bonds is 9. The Labute approximate surface area is 190 Å². The van der Waals surface area contributed by atoms with Gasteiger partial charge in [-0.25, -0.2) is 13.6 Å². The van der Waals surface area contributed by atoms with Crippen molar-refractivity contribution in [1.82, 2.24) is 39.3 Å². The van der Waals surface area contributed by atoms with Crippen molar-refractivity contribution in [2.45, 2.75) is 52.2 Å². The van der Waals surface area contributed by atoms with Crippen LogP contribution in [0.4, 0.5) is 8.78 Å². The third-order valence-corrected chi connectivity index (χ3v) is 5.38. The molecule has 0 saturated carbocycles. The molecule has 1 N–H and O–H groups in total. The topological polar surface area (TPSA) is 116 Å². The average Bonchev–Trinajstić information content (AvgIpc) is 3.39. The molecule has 3 aromatic heterocycles. The van der Waals surface area contributed by atoms with Gasteiger partial charge < -0.3 is 4.98 Å². The van der Waals surface area contributed by atoms with Gasteiger partial charge in [-0.1, -0.05) is 19.4 Å². The van der Waals surface area contributed by atoms with Gasteiger partial charge in [0.1, 0.15) is 11.6 Å². The van der Waals surface area contributed by atoms with Crippen molar-refractivity contribution in [3.05, 3.63) is 67.3 Å². The molecule has 0 aliphatic carbocycles. The van der Waals surface area contributed by atoms with Crippen LogP contribution in [-0.2, 0) is 26.1 Å². The number of unbranched alkanes of at least 4 members (excludes halogenated alkanes) is 1.